The Bertz CT molecular complexity index is 545. The van der Waals surface area contributed by atoms with Gasteiger partial charge in [0.1, 0.15) is 17.9 Å². The molecule has 1 amide bonds. The normalized spacial score (nSPS) is 12.2. The van der Waals surface area contributed by atoms with E-state index in [1.807, 2.05) is 0 Å². The van der Waals surface area contributed by atoms with Crippen LogP contribution in [0, 0.1) is 0 Å². The van der Waals surface area contributed by atoms with Gasteiger partial charge in [-0.2, -0.15) is 0 Å². The Labute approximate surface area is 134 Å². The van der Waals surface area contributed by atoms with E-state index < -0.39 is 36.2 Å². The molecule has 1 aromatic rings. The Morgan fingerprint density at radius 2 is 1.87 bits per heavy atom. The Morgan fingerprint density at radius 3 is 2.30 bits per heavy atom. The molecule has 0 spiro atoms. The number of amides is 1. The molecule has 1 heterocycles. The molecular weight excluding hydrogens is 306 g/mol. The largest absolute Gasteiger partial charge is 0.467 e. The van der Waals surface area contributed by atoms with Gasteiger partial charge in [0.25, 0.3) is 0 Å². The van der Waals surface area contributed by atoms with Gasteiger partial charge in [0, 0.05) is 0 Å². The van der Waals surface area contributed by atoms with Crippen molar-refractivity contribution < 1.29 is 33.0 Å². The number of hydrogen-bond donors (Lipinski definition) is 0. The van der Waals surface area contributed by atoms with Crippen LogP contribution in [0.3, 0.4) is 0 Å². The monoisotopic (exact) mass is 327 g/mol. The lowest BCUT2D eigenvalue weighted by Gasteiger charge is -2.28. The van der Waals surface area contributed by atoms with Gasteiger partial charge < -0.3 is 18.6 Å². The van der Waals surface area contributed by atoms with E-state index in [0.717, 1.165) is 12.0 Å². The summed E-state index contributed by atoms with van der Waals surface area (Å²) in [5, 5.41) is 0. The quantitative estimate of drug-likeness (QED) is 0.602. The molecule has 0 N–H and O–H groups in total. The van der Waals surface area contributed by atoms with Gasteiger partial charge >= 0.3 is 18.0 Å². The van der Waals surface area contributed by atoms with Crippen LogP contribution in [-0.4, -0.2) is 49.3 Å². The molecule has 0 aromatic carbocycles. The van der Waals surface area contributed by atoms with Crippen molar-refractivity contribution in [2.24, 2.45) is 0 Å². The minimum absolute atomic E-state index is 0.144. The molecule has 1 aromatic heterocycles. The Balaban J connectivity index is 3.09. The fraction of sp³-hybridized carbons (Fsp3) is 0.533. The zero-order valence-corrected chi connectivity index (χ0v) is 13.8. The van der Waals surface area contributed by atoms with Gasteiger partial charge in [0.05, 0.1) is 20.5 Å². The number of hydrogen-bond acceptors (Lipinski definition) is 7. The Hall–Kier alpha value is -2.51. The molecule has 1 unspecified atom stereocenters. The van der Waals surface area contributed by atoms with Crippen molar-refractivity contribution in [3.8, 4) is 0 Å². The highest BCUT2D eigenvalue weighted by molar-refractivity contribution is 5.85. The highest BCUT2D eigenvalue weighted by atomic mass is 16.6. The van der Waals surface area contributed by atoms with Gasteiger partial charge in [0.2, 0.25) is 0 Å². The van der Waals surface area contributed by atoms with Gasteiger partial charge in [-0.3, -0.25) is 9.69 Å². The highest BCUT2D eigenvalue weighted by Gasteiger charge is 2.37. The highest BCUT2D eigenvalue weighted by Crippen LogP contribution is 2.24. The SMILES string of the molecule is COC(=O)C(c1ccco1)N(CC(=O)OC(C)(C)C)C(=O)OC. The molecule has 0 aliphatic heterocycles. The van der Waals surface area contributed by atoms with Gasteiger partial charge in [-0.25, -0.2) is 9.59 Å². The summed E-state index contributed by atoms with van der Waals surface area (Å²) >= 11 is 0. The number of carbonyl (C=O) groups is 3. The van der Waals surface area contributed by atoms with Crippen LogP contribution in [0.4, 0.5) is 4.79 Å². The number of esters is 2. The lowest BCUT2D eigenvalue weighted by molar-refractivity contribution is -0.158. The van der Waals surface area contributed by atoms with Crippen molar-refractivity contribution >= 4 is 18.0 Å². The van der Waals surface area contributed by atoms with Crippen LogP contribution in [0.1, 0.15) is 32.6 Å². The first-order valence-corrected chi connectivity index (χ1v) is 6.87. The van der Waals surface area contributed by atoms with Crippen LogP contribution in [0.2, 0.25) is 0 Å². The van der Waals surface area contributed by atoms with Crippen LogP contribution in [0.5, 0.6) is 0 Å². The lowest BCUT2D eigenvalue weighted by atomic mass is 10.2. The van der Waals surface area contributed by atoms with Crippen molar-refractivity contribution in [3.05, 3.63) is 24.2 Å². The third-order valence-corrected chi connectivity index (χ3v) is 2.68. The average molecular weight is 327 g/mol. The molecule has 8 nitrogen and oxygen atoms in total. The van der Waals surface area contributed by atoms with Gasteiger partial charge in [-0.05, 0) is 32.9 Å². The number of nitrogens with zero attached hydrogens (tertiary/aromatic N) is 1. The summed E-state index contributed by atoms with van der Waals surface area (Å²) in [5.74, 6) is -1.32. The standard InChI is InChI=1S/C15H21NO7/c1-15(2,3)23-11(17)9-16(14(19)21-5)12(13(18)20-4)10-7-6-8-22-10/h6-8,12H,9H2,1-5H3. The predicted molar refractivity (Wildman–Crippen MR) is 78.4 cm³/mol. The molecule has 1 rings (SSSR count). The molecule has 0 aliphatic carbocycles. The van der Waals surface area contributed by atoms with Gasteiger partial charge in [0.15, 0.2) is 6.04 Å². The van der Waals surface area contributed by atoms with Crippen LogP contribution < -0.4 is 0 Å². The molecule has 23 heavy (non-hydrogen) atoms. The molecular formula is C15H21NO7. The maximum Gasteiger partial charge on any atom is 0.411 e. The van der Waals surface area contributed by atoms with Crippen LogP contribution >= 0.6 is 0 Å². The van der Waals surface area contributed by atoms with Crippen LogP contribution in [0.15, 0.2) is 22.8 Å². The smallest absolute Gasteiger partial charge is 0.411 e. The molecule has 0 fully saturated rings. The zero-order chi connectivity index (χ0) is 17.6. The molecule has 0 bridgehead atoms. The van der Waals surface area contributed by atoms with E-state index in [-0.39, 0.29) is 5.76 Å². The third kappa shape index (κ3) is 5.32. The van der Waals surface area contributed by atoms with E-state index >= 15 is 0 Å². The summed E-state index contributed by atoms with van der Waals surface area (Å²) < 4.78 is 19.7. The minimum Gasteiger partial charge on any atom is -0.467 e. The number of methoxy groups -OCH3 is 2. The minimum atomic E-state index is -1.25. The number of ether oxygens (including phenoxy) is 3. The predicted octanol–water partition coefficient (Wildman–Crippen LogP) is 1.90. The molecule has 8 heteroatoms. The summed E-state index contributed by atoms with van der Waals surface area (Å²) in [7, 11) is 2.31. The van der Waals surface area contributed by atoms with Crippen LogP contribution in [-0.2, 0) is 23.8 Å². The fourth-order valence-electron chi connectivity index (χ4n) is 1.85. The summed E-state index contributed by atoms with van der Waals surface area (Å²) in [6.07, 6.45) is 0.455. The summed E-state index contributed by atoms with van der Waals surface area (Å²) in [6, 6.07) is 1.79. The van der Waals surface area contributed by atoms with Crippen molar-refractivity contribution in [3.63, 3.8) is 0 Å². The first-order valence-electron chi connectivity index (χ1n) is 6.87. The molecule has 0 aliphatic rings. The topological polar surface area (TPSA) is 95.3 Å². The van der Waals surface area contributed by atoms with Crippen molar-refractivity contribution in [1.82, 2.24) is 4.90 Å². The second-order valence-corrected chi connectivity index (χ2v) is 5.63. The van der Waals surface area contributed by atoms with E-state index in [9.17, 15) is 14.4 Å². The second kappa shape index (κ2) is 7.66. The fourth-order valence-corrected chi connectivity index (χ4v) is 1.85. The molecule has 1 atom stereocenters. The number of carbonyl (C=O) groups excluding carboxylic acids is 3. The van der Waals surface area contributed by atoms with E-state index in [4.69, 9.17) is 13.9 Å². The lowest BCUT2D eigenvalue weighted by Crippen LogP contribution is -2.44. The third-order valence-electron chi connectivity index (χ3n) is 2.68. The average Bonchev–Trinajstić information content (AvgIpc) is 2.97. The first-order chi connectivity index (χ1) is 10.7. The summed E-state index contributed by atoms with van der Waals surface area (Å²) in [4.78, 5) is 37.0. The van der Waals surface area contributed by atoms with Gasteiger partial charge in [-0.1, -0.05) is 0 Å². The zero-order valence-electron chi connectivity index (χ0n) is 13.8. The van der Waals surface area contributed by atoms with Crippen molar-refractivity contribution in [2.75, 3.05) is 20.8 Å². The summed E-state index contributed by atoms with van der Waals surface area (Å²) in [5.41, 5.74) is -0.732. The van der Waals surface area contributed by atoms with Crippen molar-refractivity contribution in [1.29, 1.82) is 0 Å². The molecule has 0 saturated heterocycles. The van der Waals surface area contributed by atoms with Crippen LogP contribution in [0.25, 0.3) is 0 Å². The molecule has 128 valence electrons. The van der Waals surface area contributed by atoms with E-state index in [2.05, 4.69) is 4.74 Å². The van der Waals surface area contributed by atoms with Gasteiger partial charge in [-0.15, -0.1) is 0 Å². The second-order valence-electron chi connectivity index (χ2n) is 5.63. The number of furan rings is 1. The van der Waals surface area contributed by atoms with E-state index in [0.29, 0.717) is 0 Å². The Kier molecular flexibility index (Phi) is 6.18. The number of rotatable bonds is 5. The van der Waals surface area contributed by atoms with E-state index in [1.165, 1.54) is 19.4 Å². The Morgan fingerprint density at radius 1 is 1.22 bits per heavy atom. The maximum absolute atomic E-state index is 12.1. The molecule has 0 radical (unpaired) electrons. The van der Waals surface area contributed by atoms with Crippen molar-refractivity contribution in [2.45, 2.75) is 32.4 Å². The first kappa shape index (κ1) is 18.5. The maximum atomic E-state index is 12.1. The summed E-state index contributed by atoms with van der Waals surface area (Å²) in [6.45, 7) is 4.58. The van der Waals surface area contributed by atoms with E-state index in [1.54, 1.807) is 26.8 Å². The molecule has 0 saturated carbocycles.